The first-order chi connectivity index (χ1) is 13.7. The average molecular weight is 379 g/mol. The van der Waals surface area contributed by atoms with Crippen LogP contribution >= 0.6 is 0 Å². The molecule has 0 radical (unpaired) electrons. The van der Waals surface area contributed by atoms with Gasteiger partial charge in [0.25, 0.3) is 11.5 Å². The molecule has 0 fully saturated rings. The zero-order valence-corrected chi connectivity index (χ0v) is 15.3. The van der Waals surface area contributed by atoms with Gasteiger partial charge < -0.3 is 15.2 Å². The van der Waals surface area contributed by atoms with Gasteiger partial charge in [-0.3, -0.25) is 9.59 Å². The lowest BCUT2D eigenvalue weighted by molar-refractivity contribution is 0.0951. The molecule has 1 amide bonds. The summed E-state index contributed by atoms with van der Waals surface area (Å²) in [6.07, 6.45) is 6.09. The Morgan fingerprint density at radius 1 is 1.29 bits per heavy atom. The van der Waals surface area contributed by atoms with Gasteiger partial charge in [-0.05, 0) is 24.5 Å². The second kappa shape index (κ2) is 8.03. The van der Waals surface area contributed by atoms with Crippen LogP contribution in [0.5, 0.6) is 0 Å². The Morgan fingerprint density at radius 3 is 3.00 bits per heavy atom. The van der Waals surface area contributed by atoms with Crippen molar-refractivity contribution in [2.24, 2.45) is 0 Å². The summed E-state index contributed by atoms with van der Waals surface area (Å²) in [6.45, 7) is 2.65. The van der Waals surface area contributed by atoms with Gasteiger partial charge in [-0.2, -0.15) is 5.10 Å². The zero-order valence-electron chi connectivity index (χ0n) is 15.3. The van der Waals surface area contributed by atoms with E-state index in [2.05, 4.69) is 48.5 Å². The van der Waals surface area contributed by atoms with Crippen LogP contribution in [0.2, 0.25) is 0 Å². The topological polar surface area (TPSA) is 109 Å². The second-order valence-electron chi connectivity index (χ2n) is 6.64. The van der Waals surface area contributed by atoms with Crippen LogP contribution in [0.25, 0.3) is 0 Å². The normalized spacial score (nSPS) is 12.8. The standard InChI is InChI=1S/C19H21N7O2/c27-18(15-10-22-17(24-19(15)28)11-26-13-20-12-23-26)21-7-3-8-25-9-6-14-4-1-2-5-16(14)25/h1-2,4-5,10,12-13H,3,6-9,11H2,(H,21,27)(H,22,24,28). The van der Waals surface area contributed by atoms with Gasteiger partial charge in [0, 0.05) is 31.5 Å². The molecule has 9 nitrogen and oxygen atoms in total. The van der Waals surface area contributed by atoms with Crippen molar-refractivity contribution in [1.29, 1.82) is 0 Å². The molecule has 3 aromatic rings. The zero-order chi connectivity index (χ0) is 19.3. The van der Waals surface area contributed by atoms with Crippen LogP contribution in [0, 0.1) is 0 Å². The fraction of sp³-hybridized carbons (Fsp3) is 0.316. The van der Waals surface area contributed by atoms with Crippen molar-refractivity contribution in [3.05, 3.63) is 70.4 Å². The molecule has 9 heteroatoms. The molecule has 0 saturated carbocycles. The van der Waals surface area contributed by atoms with Crippen molar-refractivity contribution >= 4 is 11.6 Å². The number of anilines is 1. The summed E-state index contributed by atoms with van der Waals surface area (Å²) in [7, 11) is 0. The number of rotatable bonds is 7. The Bertz CT molecular complexity index is 1010. The van der Waals surface area contributed by atoms with Gasteiger partial charge >= 0.3 is 0 Å². The maximum absolute atomic E-state index is 12.3. The fourth-order valence-corrected chi connectivity index (χ4v) is 3.35. The SMILES string of the molecule is O=C(NCCCN1CCc2ccccc21)c1cnc(Cn2cncn2)[nH]c1=O. The number of carbonyl (C=O) groups is 1. The highest BCUT2D eigenvalue weighted by atomic mass is 16.2. The quantitative estimate of drug-likeness (QED) is 0.582. The Labute approximate surface area is 161 Å². The molecule has 0 aliphatic carbocycles. The first-order valence-electron chi connectivity index (χ1n) is 9.22. The molecule has 0 atom stereocenters. The van der Waals surface area contributed by atoms with Crippen LogP contribution in [-0.4, -0.2) is 50.3 Å². The summed E-state index contributed by atoms with van der Waals surface area (Å²) in [5.41, 5.74) is 2.19. The Morgan fingerprint density at radius 2 is 2.18 bits per heavy atom. The number of fused-ring (bicyclic) bond motifs is 1. The number of H-pyrrole nitrogens is 1. The molecule has 1 aromatic carbocycles. The molecule has 0 spiro atoms. The monoisotopic (exact) mass is 379 g/mol. The number of aromatic nitrogens is 5. The van der Waals surface area contributed by atoms with E-state index in [1.807, 2.05) is 6.07 Å². The summed E-state index contributed by atoms with van der Waals surface area (Å²) in [5, 5.41) is 6.76. The van der Waals surface area contributed by atoms with Crippen molar-refractivity contribution in [3.8, 4) is 0 Å². The van der Waals surface area contributed by atoms with Gasteiger partial charge in [0.05, 0.1) is 0 Å². The molecule has 2 aromatic heterocycles. The number of hydrogen-bond acceptors (Lipinski definition) is 6. The van der Waals surface area contributed by atoms with Crippen molar-refractivity contribution < 1.29 is 4.79 Å². The molecule has 0 saturated heterocycles. The minimum atomic E-state index is -0.462. The molecule has 0 bridgehead atoms. The molecule has 0 unspecified atom stereocenters. The molecular weight excluding hydrogens is 358 g/mol. The van der Waals surface area contributed by atoms with E-state index in [1.54, 1.807) is 0 Å². The van der Waals surface area contributed by atoms with E-state index < -0.39 is 11.5 Å². The van der Waals surface area contributed by atoms with Gasteiger partial charge in [-0.1, -0.05) is 18.2 Å². The molecule has 4 rings (SSSR count). The summed E-state index contributed by atoms with van der Waals surface area (Å²) in [6, 6.07) is 8.39. The summed E-state index contributed by atoms with van der Waals surface area (Å²) in [4.78, 5) is 37.4. The third-order valence-corrected chi connectivity index (χ3v) is 4.75. The minimum Gasteiger partial charge on any atom is -0.371 e. The van der Waals surface area contributed by atoms with Crippen LogP contribution in [0.4, 0.5) is 5.69 Å². The maximum Gasteiger partial charge on any atom is 0.263 e. The highest BCUT2D eigenvalue weighted by Gasteiger charge is 2.18. The lowest BCUT2D eigenvalue weighted by Gasteiger charge is -2.19. The molecule has 2 N–H and O–H groups in total. The van der Waals surface area contributed by atoms with Crippen molar-refractivity contribution in [1.82, 2.24) is 30.0 Å². The number of amides is 1. The van der Waals surface area contributed by atoms with Gasteiger partial charge in [-0.15, -0.1) is 0 Å². The number of carbonyl (C=O) groups excluding carboxylic acids is 1. The smallest absolute Gasteiger partial charge is 0.263 e. The van der Waals surface area contributed by atoms with E-state index in [0.717, 1.165) is 25.9 Å². The number of para-hydroxylation sites is 1. The molecule has 1 aliphatic heterocycles. The van der Waals surface area contributed by atoms with Crippen LogP contribution in [0.3, 0.4) is 0 Å². The van der Waals surface area contributed by atoms with Gasteiger partial charge in [0.15, 0.2) is 0 Å². The third kappa shape index (κ3) is 3.93. The molecular formula is C19H21N7O2. The Balaban J connectivity index is 1.28. The van der Waals surface area contributed by atoms with Crippen molar-refractivity contribution in [2.75, 3.05) is 24.5 Å². The number of benzene rings is 1. The van der Waals surface area contributed by atoms with Crippen molar-refractivity contribution in [3.63, 3.8) is 0 Å². The van der Waals surface area contributed by atoms with Crippen LogP contribution in [0.15, 0.2) is 47.9 Å². The average Bonchev–Trinajstić information content (AvgIpc) is 3.35. The molecule has 3 heterocycles. The number of nitrogens with one attached hydrogen (secondary N) is 2. The molecule has 1 aliphatic rings. The van der Waals surface area contributed by atoms with E-state index in [4.69, 9.17) is 0 Å². The predicted molar refractivity (Wildman–Crippen MR) is 103 cm³/mol. The lowest BCUT2D eigenvalue weighted by atomic mass is 10.2. The second-order valence-corrected chi connectivity index (χ2v) is 6.64. The lowest BCUT2D eigenvalue weighted by Crippen LogP contribution is -2.33. The highest BCUT2D eigenvalue weighted by Crippen LogP contribution is 2.27. The Hall–Kier alpha value is -3.49. The van der Waals surface area contributed by atoms with Crippen LogP contribution in [-0.2, 0) is 13.0 Å². The summed E-state index contributed by atoms with van der Waals surface area (Å²) in [5.74, 6) is 0.00243. The van der Waals surface area contributed by atoms with E-state index >= 15 is 0 Å². The molecule has 144 valence electrons. The number of nitrogens with zero attached hydrogens (tertiary/aromatic N) is 5. The van der Waals surface area contributed by atoms with Gasteiger partial charge in [0.1, 0.15) is 30.6 Å². The highest BCUT2D eigenvalue weighted by molar-refractivity contribution is 5.93. The van der Waals surface area contributed by atoms with Crippen molar-refractivity contribution in [2.45, 2.75) is 19.4 Å². The first kappa shape index (κ1) is 17.9. The fourth-order valence-electron chi connectivity index (χ4n) is 3.35. The summed E-state index contributed by atoms with van der Waals surface area (Å²) < 4.78 is 1.54. The number of aromatic amines is 1. The van der Waals surface area contributed by atoms with Gasteiger partial charge in [0.2, 0.25) is 0 Å². The largest absolute Gasteiger partial charge is 0.371 e. The van der Waals surface area contributed by atoms with E-state index in [9.17, 15) is 9.59 Å². The van der Waals surface area contributed by atoms with Crippen LogP contribution in [0.1, 0.15) is 28.2 Å². The van der Waals surface area contributed by atoms with E-state index in [0.29, 0.717) is 12.4 Å². The third-order valence-electron chi connectivity index (χ3n) is 4.75. The minimum absolute atomic E-state index is 0.00820. The van der Waals surface area contributed by atoms with E-state index in [-0.39, 0.29) is 12.1 Å². The Kier molecular flexibility index (Phi) is 5.14. The van der Waals surface area contributed by atoms with Crippen LogP contribution < -0.4 is 15.8 Å². The molecule has 28 heavy (non-hydrogen) atoms. The van der Waals surface area contributed by atoms with Gasteiger partial charge in [-0.25, -0.2) is 14.6 Å². The first-order valence-corrected chi connectivity index (χ1v) is 9.22. The summed E-state index contributed by atoms with van der Waals surface area (Å²) >= 11 is 0. The van der Waals surface area contributed by atoms with E-state index in [1.165, 1.54) is 34.8 Å². The number of hydrogen-bond donors (Lipinski definition) is 2. The predicted octanol–water partition coefficient (Wildman–Crippen LogP) is 0.592. The maximum atomic E-state index is 12.3.